The molecule has 1 saturated carbocycles. The van der Waals surface area contributed by atoms with Crippen LogP contribution in [0, 0.1) is 35.5 Å². The number of halogens is 4. The molecule has 0 bridgehead atoms. The van der Waals surface area contributed by atoms with Gasteiger partial charge < -0.3 is 70.1 Å². The van der Waals surface area contributed by atoms with Crippen molar-refractivity contribution >= 4 is 76.6 Å². The van der Waals surface area contributed by atoms with Gasteiger partial charge in [0.05, 0.1) is 51.0 Å². The number of hydrogen-bond donors (Lipinski definition) is 5. The summed E-state index contributed by atoms with van der Waals surface area (Å²) in [5.74, 6) is -10.9. The van der Waals surface area contributed by atoms with Gasteiger partial charge >= 0.3 is 6.18 Å². The van der Waals surface area contributed by atoms with Crippen LogP contribution in [0.4, 0.5) is 13.2 Å². The predicted octanol–water partition coefficient (Wildman–Crippen LogP) is 4.19. The molecular weight excluding hydrogens is 1260 g/mol. The lowest BCUT2D eigenvalue weighted by atomic mass is 9.78. The van der Waals surface area contributed by atoms with Crippen molar-refractivity contribution in [2.24, 2.45) is 35.5 Å². The molecule has 5 N–H and O–H groups in total. The molecule has 546 valence electrons. The molecule has 95 heavy (non-hydrogen) atoms. The van der Waals surface area contributed by atoms with E-state index in [1.807, 2.05) is 48.5 Å². The minimum atomic E-state index is -4.55. The Morgan fingerprint density at radius 3 is 1.71 bits per heavy atom. The number of alkyl halides is 4. The van der Waals surface area contributed by atoms with Crippen LogP contribution in [-0.2, 0) is 62.2 Å². The minimum absolute atomic E-state index is 0.0159. The summed E-state index contributed by atoms with van der Waals surface area (Å²) in [6.07, 6.45) is -3.93. The first-order chi connectivity index (χ1) is 43.8. The second-order valence-corrected chi connectivity index (χ2v) is 29.3. The summed E-state index contributed by atoms with van der Waals surface area (Å²) >= 11 is 6.34. The fourth-order valence-corrected chi connectivity index (χ4v) is 12.0. The highest BCUT2D eigenvalue weighted by molar-refractivity contribution is 6.20. The van der Waals surface area contributed by atoms with Gasteiger partial charge in [-0.2, -0.15) is 13.2 Å². The first-order valence-electron chi connectivity index (χ1n) is 33.4. The Labute approximate surface area is 567 Å². The van der Waals surface area contributed by atoms with Gasteiger partial charge in [-0.3, -0.25) is 52.7 Å². The van der Waals surface area contributed by atoms with E-state index in [-0.39, 0.29) is 95.5 Å². The summed E-state index contributed by atoms with van der Waals surface area (Å²) in [5.41, 5.74) is -3.27. The fraction of sp³-hybridized carbons (Fsp3) is 0.833. The number of ether oxygens (including phenoxy) is 2. The molecule has 1 heterocycles. The number of carbonyl (C=O) groups is 11. The zero-order chi connectivity index (χ0) is 72.9. The molecule has 2 rings (SSSR count). The van der Waals surface area contributed by atoms with Crippen LogP contribution in [0.1, 0.15) is 161 Å². The van der Waals surface area contributed by atoms with Crippen molar-refractivity contribution in [3.63, 3.8) is 0 Å². The molecule has 3 unspecified atom stereocenters. The van der Waals surface area contributed by atoms with E-state index in [0.717, 1.165) is 19.6 Å². The predicted molar refractivity (Wildman–Crippen MR) is 354 cm³/mol. The molecule has 2 aliphatic rings. The van der Waals surface area contributed by atoms with Gasteiger partial charge in [0.25, 0.3) is 0 Å². The SMILES string of the molecule is CC[C@H](C)[C@@H]1NC(=O)[C@H](CC(C)C)N(C)C(=O)C[C@@H](C)NC(=O)[C@H](CC(C)C)N(C)C(=O)C(C)(C)NC(=O)[C@H](COCC(C)(C)O)N(C)C(=O)[C@H](CCC2CCC(C(F)(F)F)C(Cl)C2)NC(=O)CN(C)C(=O)[C@H](COCCC(C)C)N(C)C(=O)CN(CC)C(=O)CN(C)C1=O. The van der Waals surface area contributed by atoms with E-state index < -0.39 is 174 Å². The third-order valence-corrected chi connectivity index (χ3v) is 18.2. The maximum Gasteiger partial charge on any atom is 0.393 e. The van der Waals surface area contributed by atoms with E-state index in [4.69, 9.17) is 21.1 Å². The molecule has 0 aromatic rings. The summed E-state index contributed by atoms with van der Waals surface area (Å²) in [7, 11) is 8.06. The average molecular weight is 1380 g/mol. The van der Waals surface area contributed by atoms with Crippen molar-refractivity contribution in [2.75, 3.05) is 94.9 Å². The van der Waals surface area contributed by atoms with E-state index in [0.29, 0.717) is 12.8 Å². The molecule has 0 spiro atoms. The number of nitrogens with zero attached hydrogens (tertiary/aromatic N) is 7. The molecule has 1 aliphatic carbocycles. The Bertz CT molecular complexity index is 2590. The molecule has 2 fully saturated rings. The Hall–Kier alpha value is -5.87. The number of likely N-dealkylation sites (N-methyl/N-ethyl adjacent to an activating group) is 7. The molecule has 0 aromatic carbocycles. The third-order valence-electron chi connectivity index (χ3n) is 17.7. The summed E-state index contributed by atoms with van der Waals surface area (Å²) in [5, 5.41) is 20.5. The van der Waals surface area contributed by atoms with Crippen molar-refractivity contribution < 1.29 is 80.5 Å². The van der Waals surface area contributed by atoms with Gasteiger partial charge in [-0.15, -0.1) is 11.6 Å². The molecular formula is C66H115ClF3N11O14. The average Bonchev–Trinajstić information content (AvgIpc) is 0.845. The van der Waals surface area contributed by atoms with E-state index in [1.54, 1.807) is 20.8 Å². The Morgan fingerprint density at radius 2 is 1.18 bits per heavy atom. The normalized spacial score (nSPS) is 26.7. The number of amides is 11. The quantitative estimate of drug-likeness (QED) is 0.0896. The number of rotatable bonds is 19. The molecule has 0 aromatic heterocycles. The monoisotopic (exact) mass is 1380 g/mol. The van der Waals surface area contributed by atoms with Gasteiger partial charge in [-0.05, 0) is 122 Å². The van der Waals surface area contributed by atoms with Crippen molar-refractivity contribution in [3.05, 3.63) is 0 Å². The Balaban J connectivity index is 2.92. The Morgan fingerprint density at radius 1 is 0.632 bits per heavy atom. The number of nitrogens with one attached hydrogen (secondary N) is 4. The van der Waals surface area contributed by atoms with Gasteiger partial charge in [-0.25, -0.2) is 0 Å². The number of hydrogen-bond acceptors (Lipinski definition) is 14. The summed E-state index contributed by atoms with van der Waals surface area (Å²) < 4.78 is 53.6. The largest absolute Gasteiger partial charge is 0.393 e. The fourth-order valence-electron chi connectivity index (χ4n) is 11.5. The Kier molecular flexibility index (Phi) is 34.4. The highest BCUT2D eigenvalue weighted by Crippen LogP contribution is 2.43. The zero-order valence-corrected chi connectivity index (χ0v) is 61.0. The van der Waals surface area contributed by atoms with Crippen LogP contribution in [0.5, 0.6) is 0 Å². The third kappa shape index (κ3) is 27.2. The maximum absolute atomic E-state index is 15.1. The lowest BCUT2D eigenvalue weighted by molar-refractivity contribution is -0.182. The van der Waals surface area contributed by atoms with Crippen molar-refractivity contribution in [1.82, 2.24) is 55.6 Å². The summed E-state index contributed by atoms with van der Waals surface area (Å²) in [6, 6.07) is -8.81. The van der Waals surface area contributed by atoms with Crippen LogP contribution in [0.2, 0.25) is 0 Å². The van der Waals surface area contributed by atoms with Crippen LogP contribution in [-0.4, -0.2) is 264 Å². The molecule has 29 heteroatoms. The van der Waals surface area contributed by atoms with Crippen molar-refractivity contribution in [2.45, 2.75) is 226 Å². The van der Waals surface area contributed by atoms with E-state index >= 15 is 4.79 Å². The van der Waals surface area contributed by atoms with Gasteiger partial charge in [0.1, 0.15) is 41.8 Å². The van der Waals surface area contributed by atoms with Crippen molar-refractivity contribution in [1.29, 1.82) is 0 Å². The molecule has 25 nitrogen and oxygen atoms in total. The van der Waals surface area contributed by atoms with Crippen LogP contribution in [0.25, 0.3) is 0 Å². The van der Waals surface area contributed by atoms with Gasteiger partial charge in [0.15, 0.2) is 0 Å². The zero-order valence-electron chi connectivity index (χ0n) is 60.2. The van der Waals surface area contributed by atoms with E-state index in [9.17, 15) is 66.2 Å². The first-order valence-corrected chi connectivity index (χ1v) is 33.9. The second-order valence-electron chi connectivity index (χ2n) is 28.7. The first kappa shape index (κ1) is 85.2. The molecule has 0 radical (unpaired) electrons. The van der Waals surface area contributed by atoms with Crippen LogP contribution >= 0.6 is 11.6 Å². The highest BCUT2D eigenvalue weighted by atomic mass is 35.5. The summed E-state index contributed by atoms with van der Waals surface area (Å²) in [4.78, 5) is 167. The van der Waals surface area contributed by atoms with E-state index in [1.165, 1.54) is 84.7 Å². The lowest BCUT2D eigenvalue weighted by Gasteiger charge is -2.38. The molecule has 11 amide bonds. The van der Waals surface area contributed by atoms with Crippen molar-refractivity contribution in [3.8, 4) is 0 Å². The topological polar surface area (TPSA) is 297 Å². The standard InChI is InChI=1S/C66H115ClF3N11O14/c1-21-42(9)56-62(91)76(16)34-55(85)81(22-2)35-54(84)78(18)51(37-94-28-27-39(3)4)61(90)75(15)33-52(82)72-47(26-24-44-23-25-45(46(67)32-44)66(68,69)70)60(89)79(19)50(36-95-38-64(11,12)93)59(88)74-65(13,14)63(92)80(20)49(30-41(7)8)57(86)71-43(10)31-53(83)77(17)48(29-40(5)6)58(87)73-56/h39-51,56,93H,21-38H2,1-20H3,(H,71,86)(H,72,82)(H,73,87)(H,74,88)/t42-,43+,44?,45?,46?,47-,48-,49-,50-,51-,56-/m0/s1. The molecule has 11 atom stereocenters. The van der Waals surface area contributed by atoms with Crippen LogP contribution < -0.4 is 21.3 Å². The number of aliphatic hydroxyl groups is 1. The summed E-state index contributed by atoms with van der Waals surface area (Å²) in [6.45, 7) is 20.8. The van der Waals surface area contributed by atoms with Crippen LogP contribution in [0.15, 0.2) is 0 Å². The maximum atomic E-state index is 15.1. The smallest absolute Gasteiger partial charge is 0.388 e. The number of carbonyl (C=O) groups excluding carboxylic acids is 11. The molecule has 1 aliphatic heterocycles. The second kappa shape index (κ2) is 38.3. The lowest BCUT2D eigenvalue weighted by Crippen LogP contribution is -2.63. The van der Waals surface area contributed by atoms with Gasteiger partial charge in [0, 0.05) is 73.3 Å². The van der Waals surface area contributed by atoms with Gasteiger partial charge in [0.2, 0.25) is 65.0 Å². The van der Waals surface area contributed by atoms with E-state index in [2.05, 4.69) is 21.3 Å². The minimum Gasteiger partial charge on any atom is -0.388 e. The van der Waals surface area contributed by atoms with Gasteiger partial charge in [-0.1, -0.05) is 61.8 Å². The molecule has 1 saturated heterocycles. The van der Waals surface area contributed by atoms with Crippen LogP contribution in [0.3, 0.4) is 0 Å². The highest BCUT2D eigenvalue weighted by Gasteiger charge is 2.48.